The summed E-state index contributed by atoms with van der Waals surface area (Å²) in [6.45, 7) is 6.65. The Bertz CT molecular complexity index is 1310. The van der Waals surface area contributed by atoms with Crippen molar-refractivity contribution in [3.05, 3.63) is 24.3 Å². The molecule has 0 aliphatic rings. The van der Waals surface area contributed by atoms with Crippen LogP contribution in [0.4, 0.5) is 0 Å². The normalized spacial score (nSPS) is 12.1. The van der Waals surface area contributed by atoms with Gasteiger partial charge in [0.1, 0.15) is 13.2 Å². The summed E-state index contributed by atoms with van der Waals surface area (Å²) in [4.78, 5) is 38.4. The number of allylic oxidation sites excluding steroid dienone is 4. The highest BCUT2D eigenvalue weighted by Crippen LogP contribution is 2.19. The molecule has 6 nitrogen and oxygen atoms in total. The summed E-state index contributed by atoms with van der Waals surface area (Å²) in [5.41, 5.74) is 0. The van der Waals surface area contributed by atoms with Crippen LogP contribution in [0.1, 0.15) is 419 Å². The molecule has 0 aromatic heterocycles. The quantitative estimate of drug-likeness (QED) is 0.0261. The number of carbonyl (C=O) groups excluding carboxylic acids is 3. The molecule has 0 saturated carbocycles. The predicted molar refractivity (Wildman–Crippen MR) is 353 cm³/mol. The summed E-state index contributed by atoms with van der Waals surface area (Å²) in [5.74, 6) is -0.852. The minimum atomic E-state index is -0.774. The maximum absolute atomic E-state index is 12.9. The number of ether oxygens (including phenoxy) is 3. The van der Waals surface area contributed by atoms with Gasteiger partial charge in [0.05, 0.1) is 0 Å². The van der Waals surface area contributed by atoms with Crippen LogP contribution < -0.4 is 0 Å². The predicted octanol–water partition coefficient (Wildman–Crippen LogP) is 25.3. The number of carbonyl (C=O) groups is 3. The summed E-state index contributed by atoms with van der Waals surface area (Å²) in [5, 5.41) is 0. The van der Waals surface area contributed by atoms with E-state index in [0.717, 1.165) is 83.5 Å². The Hall–Kier alpha value is -2.11. The number of hydrogen-bond acceptors (Lipinski definition) is 6. The van der Waals surface area contributed by atoms with Gasteiger partial charge in [-0.05, 0) is 44.9 Å². The molecule has 0 spiro atoms. The molecule has 0 bridgehead atoms. The van der Waals surface area contributed by atoms with Crippen molar-refractivity contribution in [2.75, 3.05) is 13.2 Å². The van der Waals surface area contributed by atoms with Crippen molar-refractivity contribution in [2.45, 2.75) is 425 Å². The summed E-state index contributed by atoms with van der Waals surface area (Å²) in [7, 11) is 0. The Morgan fingerprint density at radius 2 is 0.469 bits per heavy atom. The van der Waals surface area contributed by atoms with Gasteiger partial charge in [0.15, 0.2) is 6.10 Å². The van der Waals surface area contributed by atoms with Gasteiger partial charge in [0.25, 0.3) is 0 Å². The van der Waals surface area contributed by atoms with Gasteiger partial charge in [-0.3, -0.25) is 14.4 Å². The monoisotopic (exact) mass is 1140 g/mol. The lowest BCUT2D eigenvalue weighted by atomic mass is 10.0. The van der Waals surface area contributed by atoms with Crippen LogP contribution in [0, 0.1) is 0 Å². The molecule has 1 unspecified atom stereocenters. The standard InChI is InChI=1S/C75H142O6/c1-4-7-10-13-16-19-22-25-27-29-31-32-33-34-35-36-37-38-39-40-41-42-43-44-46-47-50-53-56-59-62-65-68-74(77)80-71-72(70-79-73(76)67-64-61-58-55-52-49-24-21-18-15-12-9-6-3)81-75(78)69-66-63-60-57-54-51-48-45-30-28-26-23-20-17-14-11-8-5-2/h12,15,21,24,72H,4-11,13-14,16-20,22-23,25-71H2,1-3H3/b15-12-,24-21-. The largest absolute Gasteiger partial charge is 0.462 e. The number of esters is 3. The van der Waals surface area contributed by atoms with Gasteiger partial charge in [-0.1, -0.05) is 379 Å². The molecule has 0 aliphatic heterocycles. The van der Waals surface area contributed by atoms with Crippen molar-refractivity contribution in [1.29, 1.82) is 0 Å². The molecule has 0 radical (unpaired) electrons. The van der Waals surface area contributed by atoms with Crippen LogP contribution in [0.5, 0.6) is 0 Å². The van der Waals surface area contributed by atoms with Gasteiger partial charge in [0.2, 0.25) is 0 Å². The summed E-state index contributed by atoms with van der Waals surface area (Å²) >= 11 is 0. The van der Waals surface area contributed by atoms with Crippen LogP contribution >= 0.6 is 0 Å². The van der Waals surface area contributed by atoms with Gasteiger partial charge in [0, 0.05) is 19.3 Å². The first-order valence-corrected chi connectivity index (χ1v) is 36.8. The Morgan fingerprint density at radius 3 is 0.728 bits per heavy atom. The van der Waals surface area contributed by atoms with Gasteiger partial charge in [-0.15, -0.1) is 0 Å². The fourth-order valence-electron chi connectivity index (χ4n) is 11.4. The molecule has 0 aliphatic carbocycles. The molecule has 0 N–H and O–H groups in total. The van der Waals surface area contributed by atoms with Crippen molar-refractivity contribution in [3.8, 4) is 0 Å². The molecule has 0 fully saturated rings. The minimum absolute atomic E-state index is 0.0694. The lowest BCUT2D eigenvalue weighted by Crippen LogP contribution is -2.30. The zero-order valence-electron chi connectivity index (χ0n) is 55.1. The van der Waals surface area contributed by atoms with E-state index in [-0.39, 0.29) is 31.1 Å². The number of rotatable bonds is 69. The molecular formula is C75H142O6. The second kappa shape index (κ2) is 70.4. The van der Waals surface area contributed by atoms with E-state index in [2.05, 4.69) is 45.1 Å². The van der Waals surface area contributed by atoms with E-state index in [1.54, 1.807) is 0 Å². The second-order valence-corrected chi connectivity index (χ2v) is 25.2. The fourth-order valence-corrected chi connectivity index (χ4v) is 11.4. The van der Waals surface area contributed by atoms with E-state index < -0.39 is 6.10 Å². The first-order valence-electron chi connectivity index (χ1n) is 36.8. The van der Waals surface area contributed by atoms with Crippen LogP contribution in [0.25, 0.3) is 0 Å². The van der Waals surface area contributed by atoms with E-state index in [4.69, 9.17) is 14.2 Å². The third-order valence-corrected chi connectivity index (χ3v) is 16.9. The average Bonchev–Trinajstić information content (AvgIpc) is 3.46. The summed E-state index contributed by atoms with van der Waals surface area (Å²) in [6, 6.07) is 0. The number of hydrogen-bond donors (Lipinski definition) is 0. The highest BCUT2D eigenvalue weighted by atomic mass is 16.6. The summed E-state index contributed by atoms with van der Waals surface area (Å²) < 4.78 is 17.0. The number of unbranched alkanes of at least 4 members (excludes halogenated alkanes) is 54. The van der Waals surface area contributed by atoms with Crippen LogP contribution in [-0.2, 0) is 28.6 Å². The molecule has 1 atom stereocenters. The lowest BCUT2D eigenvalue weighted by Gasteiger charge is -2.18. The summed E-state index contributed by atoms with van der Waals surface area (Å²) in [6.07, 6.45) is 86.7. The first kappa shape index (κ1) is 78.9. The zero-order chi connectivity index (χ0) is 58.5. The molecule has 0 amide bonds. The average molecular weight is 1140 g/mol. The molecule has 0 heterocycles. The molecule has 0 aromatic carbocycles. The third kappa shape index (κ3) is 68.6. The molecule has 0 rings (SSSR count). The van der Waals surface area contributed by atoms with E-state index in [9.17, 15) is 14.4 Å². The fraction of sp³-hybridized carbons (Fsp3) is 0.907. The highest BCUT2D eigenvalue weighted by Gasteiger charge is 2.20. The molecule has 0 saturated heterocycles. The van der Waals surface area contributed by atoms with Crippen molar-refractivity contribution < 1.29 is 28.6 Å². The van der Waals surface area contributed by atoms with E-state index in [1.807, 2.05) is 0 Å². The van der Waals surface area contributed by atoms with Gasteiger partial charge in [-0.2, -0.15) is 0 Å². The van der Waals surface area contributed by atoms with Crippen molar-refractivity contribution in [2.24, 2.45) is 0 Å². The Morgan fingerprint density at radius 1 is 0.247 bits per heavy atom. The van der Waals surface area contributed by atoms with Crippen LogP contribution in [0.3, 0.4) is 0 Å². The molecular weight excluding hydrogens is 997 g/mol. The highest BCUT2D eigenvalue weighted by molar-refractivity contribution is 5.71. The topological polar surface area (TPSA) is 78.9 Å². The van der Waals surface area contributed by atoms with Gasteiger partial charge >= 0.3 is 17.9 Å². The van der Waals surface area contributed by atoms with Crippen molar-refractivity contribution in [3.63, 3.8) is 0 Å². The molecule has 478 valence electrons. The first-order chi connectivity index (χ1) is 40.0. The van der Waals surface area contributed by atoms with E-state index in [1.165, 1.54) is 295 Å². The molecule has 81 heavy (non-hydrogen) atoms. The van der Waals surface area contributed by atoms with Crippen molar-refractivity contribution >= 4 is 17.9 Å². The van der Waals surface area contributed by atoms with Crippen LogP contribution in [0.15, 0.2) is 24.3 Å². The van der Waals surface area contributed by atoms with Crippen LogP contribution in [-0.4, -0.2) is 37.2 Å². The Balaban J connectivity index is 4.10. The maximum Gasteiger partial charge on any atom is 0.306 e. The molecule has 6 heteroatoms. The Labute approximate surface area is 506 Å². The third-order valence-electron chi connectivity index (χ3n) is 16.9. The van der Waals surface area contributed by atoms with Crippen molar-refractivity contribution in [1.82, 2.24) is 0 Å². The second-order valence-electron chi connectivity index (χ2n) is 25.2. The minimum Gasteiger partial charge on any atom is -0.462 e. The SMILES string of the molecule is CCC/C=C\C/C=C\CCCCCCCC(=O)OCC(COC(=O)CCCCCCCCCCCCCCCCCCCCCCCCCCCCCCCCCC)OC(=O)CCCCCCCCCCCCCCCCCCCC. The Kier molecular flexibility index (Phi) is 68.5. The van der Waals surface area contributed by atoms with Crippen LogP contribution in [0.2, 0.25) is 0 Å². The van der Waals surface area contributed by atoms with Gasteiger partial charge < -0.3 is 14.2 Å². The van der Waals surface area contributed by atoms with Gasteiger partial charge in [-0.25, -0.2) is 0 Å². The zero-order valence-corrected chi connectivity index (χ0v) is 55.1. The smallest absolute Gasteiger partial charge is 0.306 e. The van der Waals surface area contributed by atoms with E-state index >= 15 is 0 Å². The van der Waals surface area contributed by atoms with E-state index in [0.29, 0.717) is 19.3 Å². The lowest BCUT2D eigenvalue weighted by molar-refractivity contribution is -0.167. The molecule has 0 aromatic rings. The maximum atomic E-state index is 12.9.